The van der Waals surface area contributed by atoms with Crippen LogP contribution >= 0.6 is 0 Å². The van der Waals surface area contributed by atoms with Gasteiger partial charge in [0.05, 0.1) is 7.11 Å². The molecule has 1 aromatic carbocycles. The summed E-state index contributed by atoms with van der Waals surface area (Å²) in [6, 6.07) is 8.50. The first-order chi connectivity index (χ1) is 6.91. The summed E-state index contributed by atoms with van der Waals surface area (Å²) in [5.74, 6) is 1.62. The van der Waals surface area contributed by atoms with Gasteiger partial charge in [0.2, 0.25) is 0 Å². The minimum atomic E-state index is 0.418. The molecule has 2 rings (SSSR count). The van der Waals surface area contributed by atoms with E-state index in [1.165, 1.54) is 5.56 Å². The van der Waals surface area contributed by atoms with Crippen molar-refractivity contribution >= 4 is 0 Å². The van der Waals surface area contributed by atoms with Gasteiger partial charge in [-0.25, -0.2) is 0 Å². The van der Waals surface area contributed by atoms with Crippen LogP contribution in [-0.4, -0.2) is 7.11 Å². The van der Waals surface area contributed by atoms with Gasteiger partial charge < -0.3 is 4.74 Å². The number of benzene rings is 1. The molecule has 0 unspecified atom stereocenters. The van der Waals surface area contributed by atoms with Crippen LogP contribution in [0.5, 0.6) is 5.75 Å². The maximum atomic E-state index is 5.17. The lowest BCUT2D eigenvalue weighted by Crippen LogP contribution is -1.95. The van der Waals surface area contributed by atoms with Crippen molar-refractivity contribution in [2.75, 3.05) is 7.11 Å². The van der Waals surface area contributed by atoms with E-state index in [0.29, 0.717) is 16.7 Å². The lowest BCUT2D eigenvalue weighted by molar-refractivity contribution is 0.414. The summed E-state index contributed by atoms with van der Waals surface area (Å²) in [6.45, 7) is 9.40. The molecule has 1 saturated carbocycles. The Morgan fingerprint density at radius 2 is 1.40 bits per heavy atom. The highest BCUT2D eigenvalue weighted by atomic mass is 16.5. The Morgan fingerprint density at radius 1 is 0.933 bits per heavy atom. The molecule has 0 atom stereocenters. The predicted octanol–water partition coefficient (Wildman–Crippen LogP) is 3.84. The van der Waals surface area contributed by atoms with Crippen molar-refractivity contribution < 1.29 is 4.74 Å². The Hall–Kier alpha value is -0.980. The van der Waals surface area contributed by atoms with Crippen LogP contribution in [0.1, 0.15) is 39.2 Å². The Balaban J connectivity index is 2.26. The van der Waals surface area contributed by atoms with Crippen LogP contribution in [0.3, 0.4) is 0 Å². The molecule has 1 aromatic rings. The van der Waals surface area contributed by atoms with Gasteiger partial charge in [0.25, 0.3) is 0 Å². The molecule has 82 valence electrons. The third-order valence-electron chi connectivity index (χ3n) is 4.47. The van der Waals surface area contributed by atoms with Crippen molar-refractivity contribution in [1.29, 1.82) is 0 Å². The summed E-state index contributed by atoms with van der Waals surface area (Å²) < 4.78 is 5.17. The van der Waals surface area contributed by atoms with E-state index in [-0.39, 0.29) is 0 Å². The molecule has 0 spiro atoms. The Labute approximate surface area is 92.5 Å². The third kappa shape index (κ3) is 1.37. The van der Waals surface area contributed by atoms with Crippen LogP contribution in [0.25, 0.3) is 0 Å². The van der Waals surface area contributed by atoms with Crippen LogP contribution in [-0.2, 0) is 0 Å². The Kier molecular flexibility index (Phi) is 2.11. The van der Waals surface area contributed by atoms with Crippen molar-refractivity contribution in [1.82, 2.24) is 0 Å². The summed E-state index contributed by atoms with van der Waals surface area (Å²) in [6.07, 6.45) is 0. The summed E-state index contributed by atoms with van der Waals surface area (Å²) in [5.41, 5.74) is 2.27. The fourth-order valence-corrected chi connectivity index (χ4v) is 2.83. The second-order valence-electron chi connectivity index (χ2n) is 5.65. The van der Waals surface area contributed by atoms with Crippen molar-refractivity contribution in [3.05, 3.63) is 29.8 Å². The average molecular weight is 204 g/mol. The zero-order valence-electron chi connectivity index (χ0n) is 10.3. The van der Waals surface area contributed by atoms with E-state index in [2.05, 4.69) is 52.0 Å². The van der Waals surface area contributed by atoms with Crippen molar-refractivity contribution in [3.63, 3.8) is 0 Å². The minimum absolute atomic E-state index is 0.418. The molecule has 1 fully saturated rings. The van der Waals surface area contributed by atoms with Gasteiger partial charge >= 0.3 is 0 Å². The first-order valence-corrected chi connectivity index (χ1v) is 5.55. The highest BCUT2D eigenvalue weighted by Gasteiger charge is 2.64. The summed E-state index contributed by atoms with van der Waals surface area (Å²) in [5, 5.41) is 0. The third-order valence-corrected chi connectivity index (χ3v) is 4.47. The molecule has 1 nitrogen and oxygen atoms in total. The number of methoxy groups -OCH3 is 1. The average Bonchev–Trinajstić information content (AvgIpc) is 2.58. The Bertz CT molecular complexity index is 345. The van der Waals surface area contributed by atoms with Crippen molar-refractivity contribution in [2.24, 2.45) is 10.8 Å². The Morgan fingerprint density at radius 3 is 1.73 bits per heavy atom. The lowest BCUT2D eigenvalue weighted by atomic mass is 10.0. The molecule has 0 amide bonds. The zero-order chi connectivity index (χ0) is 11.3. The molecule has 0 aromatic heterocycles. The highest BCUT2D eigenvalue weighted by molar-refractivity contribution is 5.38. The fourth-order valence-electron chi connectivity index (χ4n) is 2.83. The van der Waals surface area contributed by atoms with Gasteiger partial charge in [-0.05, 0) is 34.4 Å². The van der Waals surface area contributed by atoms with Crippen LogP contribution in [0.4, 0.5) is 0 Å². The molecule has 15 heavy (non-hydrogen) atoms. The molecule has 1 heteroatoms. The molecule has 0 heterocycles. The van der Waals surface area contributed by atoms with Gasteiger partial charge in [-0.1, -0.05) is 39.8 Å². The van der Waals surface area contributed by atoms with Crippen LogP contribution in [0.2, 0.25) is 0 Å². The number of ether oxygens (including phenoxy) is 1. The van der Waals surface area contributed by atoms with E-state index in [9.17, 15) is 0 Å². The maximum Gasteiger partial charge on any atom is 0.118 e. The molecular formula is C14H20O. The second-order valence-corrected chi connectivity index (χ2v) is 5.65. The number of rotatable bonds is 2. The van der Waals surface area contributed by atoms with Gasteiger partial charge in [0.15, 0.2) is 0 Å². The molecule has 0 N–H and O–H groups in total. The molecule has 0 bridgehead atoms. The standard InChI is InChI=1S/C14H20O/c1-13(2)12(14(13,3)4)10-6-8-11(15-5)9-7-10/h6-9,12H,1-5H3. The normalized spacial score (nSPS) is 22.5. The van der Waals surface area contributed by atoms with Crippen LogP contribution in [0, 0.1) is 10.8 Å². The highest BCUT2D eigenvalue weighted by Crippen LogP contribution is 2.73. The molecule has 1 aliphatic carbocycles. The van der Waals surface area contributed by atoms with E-state index < -0.39 is 0 Å². The van der Waals surface area contributed by atoms with Crippen LogP contribution in [0.15, 0.2) is 24.3 Å². The van der Waals surface area contributed by atoms with E-state index in [1.807, 2.05) is 0 Å². The maximum absolute atomic E-state index is 5.17. The number of hydrogen-bond acceptors (Lipinski definition) is 1. The summed E-state index contributed by atoms with van der Waals surface area (Å²) >= 11 is 0. The zero-order valence-corrected chi connectivity index (χ0v) is 10.3. The van der Waals surface area contributed by atoms with E-state index in [0.717, 1.165) is 5.75 Å². The van der Waals surface area contributed by atoms with Gasteiger partial charge in [0.1, 0.15) is 5.75 Å². The SMILES string of the molecule is COc1ccc(C2C(C)(C)C2(C)C)cc1. The molecule has 0 saturated heterocycles. The van der Waals surface area contributed by atoms with Gasteiger partial charge in [-0.2, -0.15) is 0 Å². The smallest absolute Gasteiger partial charge is 0.118 e. The molecule has 0 aliphatic heterocycles. The molecule has 1 aliphatic rings. The predicted molar refractivity (Wildman–Crippen MR) is 63.3 cm³/mol. The molecular weight excluding hydrogens is 184 g/mol. The number of hydrogen-bond donors (Lipinski definition) is 0. The topological polar surface area (TPSA) is 9.23 Å². The quantitative estimate of drug-likeness (QED) is 0.711. The summed E-state index contributed by atoms with van der Waals surface area (Å²) in [7, 11) is 1.71. The van der Waals surface area contributed by atoms with Crippen molar-refractivity contribution in [2.45, 2.75) is 33.6 Å². The first kappa shape index (κ1) is 10.5. The lowest BCUT2D eigenvalue weighted by Gasteiger charge is -2.04. The van der Waals surface area contributed by atoms with E-state index >= 15 is 0 Å². The van der Waals surface area contributed by atoms with Gasteiger partial charge in [0, 0.05) is 0 Å². The van der Waals surface area contributed by atoms with Crippen molar-refractivity contribution in [3.8, 4) is 5.75 Å². The van der Waals surface area contributed by atoms with E-state index in [4.69, 9.17) is 4.74 Å². The fraction of sp³-hybridized carbons (Fsp3) is 0.571. The second kappa shape index (κ2) is 3.01. The first-order valence-electron chi connectivity index (χ1n) is 5.55. The summed E-state index contributed by atoms with van der Waals surface area (Å²) in [4.78, 5) is 0. The molecule has 0 radical (unpaired) electrons. The largest absolute Gasteiger partial charge is 0.497 e. The van der Waals surface area contributed by atoms with Gasteiger partial charge in [-0.3, -0.25) is 0 Å². The van der Waals surface area contributed by atoms with Crippen LogP contribution < -0.4 is 4.74 Å². The van der Waals surface area contributed by atoms with E-state index in [1.54, 1.807) is 7.11 Å². The monoisotopic (exact) mass is 204 g/mol. The minimum Gasteiger partial charge on any atom is -0.497 e. The van der Waals surface area contributed by atoms with Gasteiger partial charge in [-0.15, -0.1) is 0 Å².